The monoisotopic (exact) mass is 361 g/mol. The van der Waals surface area contributed by atoms with Crippen molar-refractivity contribution >= 4 is 38.9 Å². The van der Waals surface area contributed by atoms with Gasteiger partial charge in [-0.2, -0.15) is 5.10 Å². The minimum atomic E-state index is 0.279. The summed E-state index contributed by atoms with van der Waals surface area (Å²) in [5, 5.41) is 8.62. The average molecular weight is 363 g/mol. The van der Waals surface area contributed by atoms with Crippen LogP contribution >= 0.6 is 38.9 Å². The van der Waals surface area contributed by atoms with Crippen molar-refractivity contribution in [1.29, 1.82) is 0 Å². The summed E-state index contributed by atoms with van der Waals surface area (Å²) in [6.07, 6.45) is 0.860. The van der Waals surface area contributed by atoms with Gasteiger partial charge in [0, 0.05) is 23.5 Å². The van der Waals surface area contributed by atoms with Crippen LogP contribution in [-0.2, 0) is 13.5 Å². The summed E-state index contributed by atoms with van der Waals surface area (Å²) in [4.78, 5) is 1.31. The third kappa shape index (κ3) is 3.40. The minimum absolute atomic E-state index is 0.279. The number of rotatable bonds is 5. The third-order valence-electron chi connectivity index (χ3n) is 3.07. The molecule has 19 heavy (non-hydrogen) atoms. The molecule has 0 fully saturated rings. The van der Waals surface area contributed by atoms with E-state index in [-0.39, 0.29) is 6.04 Å². The van der Waals surface area contributed by atoms with Gasteiger partial charge in [-0.25, -0.2) is 0 Å². The Morgan fingerprint density at radius 3 is 2.74 bits per heavy atom. The predicted molar refractivity (Wildman–Crippen MR) is 85.1 cm³/mol. The molecule has 0 aliphatic rings. The molecule has 0 radical (unpaired) electrons. The number of hydrogen-bond acceptors (Lipinski definition) is 3. The van der Waals surface area contributed by atoms with Crippen LogP contribution in [0, 0.1) is 6.92 Å². The van der Waals surface area contributed by atoms with E-state index in [1.165, 1.54) is 4.88 Å². The van der Waals surface area contributed by atoms with Crippen LogP contribution in [0.4, 0.5) is 0 Å². The van der Waals surface area contributed by atoms with Crippen molar-refractivity contribution in [2.45, 2.75) is 26.3 Å². The van der Waals surface area contributed by atoms with Crippen LogP contribution in [0.5, 0.6) is 0 Å². The van der Waals surface area contributed by atoms with Gasteiger partial charge in [0.1, 0.15) is 5.15 Å². The Bertz CT molecular complexity index is 564. The molecule has 2 aromatic heterocycles. The van der Waals surface area contributed by atoms with E-state index in [1.54, 1.807) is 16.0 Å². The second kappa shape index (κ2) is 6.39. The lowest BCUT2D eigenvalue weighted by molar-refractivity contribution is 0.557. The van der Waals surface area contributed by atoms with Gasteiger partial charge in [-0.3, -0.25) is 4.68 Å². The standard InChI is InChI=1S/C13H17BrClN3S/c1-4-16-10(11-5-6-12(14)19-11)7-9-8(2)17-18(3)13(9)15/h5-6,10,16H,4,7H2,1-3H3. The van der Waals surface area contributed by atoms with Gasteiger partial charge in [-0.05, 0) is 48.0 Å². The molecule has 2 heterocycles. The number of aromatic nitrogens is 2. The first kappa shape index (κ1) is 15.0. The summed E-state index contributed by atoms with van der Waals surface area (Å²) < 4.78 is 2.89. The SMILES string of the molecule is CCNC(Cc1c(C)nn(C)c1Cl)c1ccc(Br)s1. The van der Waals surface area contributed by atoms with E-state index in [9.17, 15) is 0 Å². The minimum Gasteiger partial charge on any atom is -0.309 e. The zero-order valence-corrected chi connectivity index (χ0v) is 14.4. The first-order valence-electron chi connectivity index (χ1n) is 6.19. The van der Waals surface area contributed by atoms with Gasteiger partial charge in [0.2, 0.25) is 0 Å². The predicted octanol–water partition coefficient (Wildman–Crippen LogP) is 4.10. The fraction of sp³-hybridized carbons (Fsp3) is 0.462. The maximum absolute atomic E-state index is 6.32. The molecule has 2 aromatic rings. The quantitative estimate of drug-likeness (QED) is 0.868. The van der Waals surface area contributed by atoms with Crippen LogP contribution in [0.25, 0.3) is 0 Å². The number of nitrogens with one attached hydrogen (secondary N) is 1. The molecule has 0 spiro atoms. The first-order chi connectivity index (χ1) is 9.02. The molecule has 0 bridgehead atoms. The van der Waals surface area contributed by atoms with E-state index in [2.05, 4.69) is 45.4 Å². The Kier molecular flexibility index (Phi) is 5.06. The molecule has 0 aromatic carbocycles. The zero-order chi connectivity index (χ0) is 14.0. The Labute approximate surface area is 131 Å². The van der Waals surface area contributed by atoms with Crippen molar-refractivity contribution in [1.82, 2.24) is 15.1 Å². The van der Waals surface area contributed by atoms with Gasteiger partial charge in [0.15, 0.2) is 0 Å². The molecule has 1 N–H and O–H groups in total. The molecule has 6 heteroatoms. The summed E-state index contributed by atoms with van der Waals surface area (Å²) in [6.45, 7) is 5.05. The van der Waals surface area contributed by atoms with Crippen LogP contribution in [0.15, 0.2) is 15.9 Å². The van der Waals surface area contributed by atoms with Crippen LogP contribution in [0.1, 0.15) is 29.1 Å². The van der Waals surface area contributed by atoms with Crippen molar-refractivity contribution in [2.24, 2.45) is 7.05 Å². The summed E-state index contributed by atoms with van der Waals surface area (Å²) >= 11 is 11.6. The zero-order valence-electron chi connectivity index (χ0n) is 11.2. The van der Waals surface area contributed by atoms with Crippen LogP contribution < -0.4 is 5.32 Å². The van der Waals surface area contributed by atoms with Gasteiger partial charge < -0.3 is 5.32 Å². The van der Waals surface area contributed by atoms with Crippen LogP contribution in [-0.4, -0.2) is 16.3 Å². The second-order valence-corrected chi connectivity index (χ2v) is 7.29. The number of halogens is 2. The van der Waals surface area contributed by atoms with E-state index in [4.69, 9.17) is 11.6 Å². The molecule has 0 saturated carbocycles. The fourth-order valence-electron chi connectivity index (χ4n) is 2.15. The molecule has 0 amide bonds. The molecule has 0 saturated heterocycles. The average Bonchev–Trinajstić information content (AvgIpc) is 2.88. The van der Waals surface area contributed by atoms with E-state index >= 15 is 0 Å². The molecule has 2 rings (SSSR count). The molecule has 104 valence electrons. The maximum atomic E-state index is 6.32. The van der Waals surface area contributed by atoms with E-state index in [0.29, 0.717) is 0 Å². The third-order valence-corrected chi connectivity index (χ3v) is 5.28. The van der Waals surface area contributed by atoms with Gasteiger partial charge in [0.05, 0.1) is 9.48 Å². The summed E-state index contributed by atoms with van der Waals surface area (Å²) in [7, 11) is 1.88. The van der Waals surface area contributed by atoms with Gasteiger partial charge >= 0.3 is 0 Å². The highest BCUT2D eigenvalue weighted by atomic mass is 79.9. The highest BCUT2D eigenvalue weighted by Gasteiger charge is 2.19. The normalized spacial score (nSPS) is 12.9. The number of hydrogen-bond donors (Lipinski definition) is 1. The van der Waals surface area contributed by atoms with E-state index in [0.717, 1.165) is 33.2 Å². The van der Waals surface area contributed by atoms with Crippen LogP contribution in [0.2, 0.25) is 5.15 Å². The van der Waals surface area contributed by atoms with Crippen molar-refractivity contribution in [3.63, 3.8) is 0 Å². The Morgan fingerprint density at radius 1 is 1.53 bits per heavy atom. The maximum Gasteiger partial charge on any atom is 0.130 e. The lowest BCUT2D eigenvalue weighted by atomic mass is 10.1. The molecular formula is C13H17BrClN3S. The Morgan fingerprint density at radius 2 is 2.26 bits per heavy atom. The number of aryl methyl sites for hydroxylation is 2. The van der Waals surface area contributed by atoms with Gasteiger partial charge in [0.25, 0.3) is 0 Å². The highest BCUT2D eigenvalue weighted by molar-refractivity contribution is 9.11. The topological polar surface area (TPSA) is 29.9 Å². The molecule has 3 nitrogen and oxygen atoms in total. The number of nitrogens with zero attached hydrogens (tertiary/aromatic N) is 2. The number of thiophene rings is 1. The molecular weight excluding hydrogens is 346 g/mol. The summed E-state index contributed by atoms with van der Waals surface area (Å²) in [5.41, 5.74) is 2.13. The molecule has 0 aliphatic heterocycles. The van der Waals surface area contributed by atoms with Crippen molar-refractivity contribution in [3.05, 3.63) is 37.2 Å². The van der Waals surface area contributed by atoms with E-state index < -0.39 is 0 Å². The van der Waals surface area contributed by atoms with E-state index in [1.807, 2.05) is 14.0 Å². The van der Waals surface area contributed by atoms with Crippen molar-refractivity contribution in [3.8, 4) is 0 Å². The molecule has 1 unspecified atom stereocenters. The van der Waals surface area contributed by atoms with Gasteiger partial charge in [-0.1, -0.05) is 18.5 Å². The first-order valence-corrected chi connectivity index (χ1v) is 8.18. The number of likely N-dealkylation sites (N-methyl/N-ethyl adjacent to an activating group) is 1. The fourth-order valence-corrected chi connectivity index (χ4v) is 3.90. The highest BCUT2D eigenvalue weighted by Crippen LogP contribution is 2.31. The summed E-state index contributed by atoms with van der Waals surface area (Å²) in [6, 6.07) is 4.52. The van der Waals surface area contributed by atoms with Crippen molar-refractivity contribution < 1.29 is 0 Å². The van der Waals surface area contributed by atoms with Crippen LogP contribution in [0.3, 0.4) is 0 Å². The largest absolute Gasteiger partial charge is 0.309 e. The second-order valence-electron chi connectivity index (χ2n) is 4.43. The van der Waals surface area contributed by atoms with Crippen molar-refractivity contribution in [2.75, 3.05) is 6.54 Å². The van der Waals surface area contributed by atoms with Gasteiger partial charge in [-0.15, -0.1) is 11.3 Å². The molecule has 0 aliphatic carbocycles. The summed E-state index contributed by atoms with van der Waals surface area (Å²) in [5.74, 6) is 0. The molecule has 1 atom stereocenters. The Hall–Kier alpha value is -0.360. The smallest absolute Gasteiger partial charge is 0.130 e. The lowest BCUT2D eigenvalue weighted by Gasteiger charge is -2.16. The Balaban J connectivity index is 2.26. The lowest BCUT2D eigenvalue weighted by Crippen LogP contribution is -2.22.